The standard InChI is InChI=1S/C13H17O3/c1-13(2,14)12-15-9-8-11(16-12)10-6-4-3-5-7-10/h3-7,11,14H,8-9H2,1-2H3/q+1. The van der Waals surface area contributed by atoms with Crippen LogP contribution in [0.3, 0.4) is 0 Å². The molecule has 1 N–H and O–H groups in total. The molecule has 0 fully saturated rings. The molecular formula is C13H17O3+. The highest BCUT2D eigenvalue weighted by atomic mass is 16.6. The van der Waals surface area contributed by atoms with E-state index in [2.05, 4.69) is 0 Å². The van der Waals surface area contributed by atoms with Gasteiger partial charge in [0.1, 0.15) is 0 Å². The first-order valence-electron chi connectivity index (χ1n) is 5.51. The summed E-state index contributed by atoms with van der Waals surface area (Å²) in [5.41, 5.74) is 0.0699. The van der Waals surface area contributed by atoms with Gasteiger partial charge in [0, 0.05) is 5.56 Å². The Labute approximate surface area is 95.4 Å². The molecule has 0 spiro atoms. The Kier molecular flexibility index (Phi) is 2.97. The zero-order valence-electron chi connectivity index (χ0n) is 9.64. The average molecular weight is 221 g/mol. The molecule has 1 aromatic carbocycles. The number of carbonyl (C=O) groups excluding carboxylic acids is 1. The fraction of sp³-hybridized carbons (Fsp3) is 0.462. The summed E-state index contributed by atoms with van der Waals surface area (Å²) in [6.07, 6.45) is 0.792. The van der Waals surface area contributed by atoms with Crippen molar-refractivity contribution < 1.29 is 14.3 Å². The largest absolute Gasteiger partial charge is 0.518 e. The minimum absolute atomic E-state index is 0.0172. The van der Waals surface area contributed by atoms with E-state index < -0.39 is 5.60 Å². The number of ether oxygens (including phenoxy) is 1. The number of benzene rings is 1. The van der Waals surface area contributed by atoms with Gasteiger partial charge in [-0.15, -0.1) is 0 Å². The predicted molar refractivity (Wildman–Crippen MR) is 61.1 cm³/mol. The van der Waals surface area contributed by atoms with E-state index in [1.54, 1.807) is 13.8 Å². The molecule has 1 unspecified atom stereocenters. The first-order chi connectivity index (χ1) is 7.57. The molecular weight excluding hydrogens is 204 g/mol. The Morgan fingerprint density at radius 1 is 1.31 bits per heavy atom. The highest BCUT2D eigenvalue weighted by molar-refractivity contribution is 5.79. The van der Waals surface area contributed by atoms with Gasteiger partial charge in [-0.05, 0) is 13.8 Å². The molecule has 0 saturated carbocycles. The van der Waals surface area contributed by atoms with Gasteiger partial charge in [-0.2, -0.15) is 0 Å². The van der Waals surface area contributed by atoms with Crippen LogP contribution in [0, 0.1) is 0 Å². The van der Waals surface area contributed by atoms with Crippen molar-refractivity contribution >= 4 is 5.97 Å². The second kappa shape index (κ2) is 4.26. The lowest BCUT2D eigenvalue weighted by molar-refractivity contribution is -0.488. The molecule has 1 aliphatic rings. The van der Waals surface area contributed by atoms with Gasteiger partial charge < -0.3 is 14.3 Å². The zero-order valence-corrected chi connectivity index (χ0v) is 9.64. The van der Waals surface area contributed by atoms with Crippen LogP contribution in [0.5, 0.6) is 0 Å². The van der Waals surface area contributed by atoms with E-state index in [-0.39, 0.29) is 6.10 Å². The molecule has 1 aliphatic heterocycles. The molecule has 1 aromatic rings. The van der Waals surface area contributed by atoms with E-state index in [9.17, 15) is 5.11 Å². The molecule has 1 heterocycles. The molecule has 0 amide bonds. The van der Waals surface area contributed by atoms with E-state index >= 15 is 0 Å². The van der Waals surface area contributed by atoms with Crippen LogP contribution in [0.25, 0.3) is 0 Å². The SMILES string of the molecule is CC(C)(O)C1=[O+]CCC(c2ccccc2)O1. The summed E-state index contributed by atoms with van der Waals surface area (Å²) in [6.45, 7) is 3.91. The van der Waals surface area contributed by atoms with Crippen LogP contribution < -0.4 is 0 Å². The van der Waals surface area contributed by atoms with Crippen LogP contribution in [0.15, 0.2) is 30.3 Å². The second-order valence-corrected chi connectivity index (χ2v) is 4.50. The normalized spacial score (nSPS) is 21.2. The Balaban J connectivity index is 2.15. The Morgan fingerprint density at radius 3 is 2.62 bits per heavy atom. The van der Waals surface area contributed by atoms with Gasteiger partial charge in [0.15, 0.2) is 6.61 Å². The van der Waals surface area contributed by atoms with Gasteiger partial charge in [-0.25, -0.2) is 0 Å². The average Bonchev–Trinajstić information content (AvgIpc) is 2.29. The summed E-state index contributed by atoms with van der Waals surface area (Å²) < 4.78 is 11.0. The minimum Gasteiger partial charge on any atom is -0.374 e. The maximum absolute atomic E-state index is 9.82. The fourth-order valence-electron chi connectivity index (χ4n) is 1.70. The fourth-order valence-corrected chi connectivity index (χ4v) is 1.70. The van der Waals surface area contributed by atoms with Gasteiger partial charge in [-0.1, -0.05) is 30.3 Å². The highest BCUT2D eigenvalue weighted by Crippen LogP contribution is 2.25. The molecule has 0 aromatic heterocycles. The van der Waals surface area contributed by atoms with E-state index in [0.717, 1.165) is 12.0 Å². The highest BCUT2D eigenvalue weighted by Gasteiger charge is 2.41. The lowest BCUT2D eigenvalue weighted by Gasteiger charge is -2.19. The van der Waals surface area contributed by atoms with Gasteiger partial charge in [-0.3, -0.25) is 0 Å². The summed E-state index contributed by atoms with van der Waals surface area (Å²) in [4.78, 5) is 0. The smallest absolute Gasteiger partial charge is 0.374 e. The number of aliphatic hydroxyl groups is 1. The van der Waals surface area contributed by atoms with Crippen molar-refractivity contribution in [1.82, 2.24) is 0 Å². The van der Waals surface area contributed by atoms with Crippen molar-refractivity contribution in [3.8, 4) is 0 Å². The van der Waals surface area contributed by atoms with Crippen molar-refractivity contribution in [3.05, 3.63) is 35.9 Å². The first kappa shape index (κ1) is 11.1. The van der Waals surface area contributed by atoms with Gasteiger partial charge >= 0.3 is 5.97 Å². The van der Waals surface area contributed by atoms with Crippen LogP contribution in [-0.2, 0) is 9.16 Å². The monoisotopic (exact) mass is 221 g/mol. The van der Waals surface area contributed by atoms with Gasteiger partial charge in [0.05, 0.1) is 6.42 Å². The third kappa shape index (κ3) is 2.42. The molecule has 3 nitrogen and oxygen atoms in total. The van der Waals surface area contributed by atoms with Crippen LogP contribution in [0.2, 0.25) is 0 Å². The molecule has 3 heteroatoms. The van der Waals surface area contributed by atoms with Crippen LogP contribution >= 0.6 is 0 Å². The first-order valence-corrected chi connectivity index (χ1v) is 5.51. The number of rotatable bonds is 2. The molecule has 0 bridgehead atoms. The molecule has 16 heavy (non-hydrogen) atoms. The third-order valence-corrected chi connectivity index (χ3v) is 2.53. The number of esters is 1. The number of hydrogen-bond donors (Lipinski definition) is 1. The molecule has 2 rings (SSSR count). The maximum Gasteiger partial charge on any atom is 0.518 e. The topological polar surface area (TPSA) is 40.8 Å². The summed E-state index contributed by atoms with van der Waals surface area (Å²) >= 11 is 0. The van der Waals surface area contributed by atoms with Crippen molar-refractivity contribution in [3.63, 3.8) is 0 Å². The van der Waals surface area contributed by atoms with Crippen LogP contribution in [0.1, 0.15) is 31.9 Å². The molecule has 1 atom stereocenters. The van der Waals surface area contributed by atoms with Gasteiger partial charge in [0.2, 0.25) is 11.7 Å². The summed E-state index contributed by atoms with van der Waals surface area (Å²) in [7, 11) is 0. The van der Waals surface area contributed by atoms with Crippen molar-refractivity contribution in [2.45, 2.75) is 32.0 Å². The molecule has 0 radical (unpaired) electrons. The number of cyclic esters (lactones) is 1. The molecule has 86 valence electrons. The van der Waals surface area contributed by atoms with E-state index in [0.29, 0.717) is 12.6 Å². The lowest BCUT2D eigenvalue weighted by Crippen LogP contribution is -2.38. The summed E-state index contributed by atoms with van der Waals surface area (Å²) in [6, 6.07) is 10.00. The Hall–Kier alpha value is -1.35. The quantitative estimate of drug-likeness (QED) is 0.613. The number of hydrogen-bond acceptors (Lipinski definition) is 2. The van der Waals surface area contributed by atoms with Crippen molar-refractivity contribution in [2.75, 3.05) is 6.61 Å². The van der Waals surface area contributed by atoms with Crippen LogP contribution in [0.4, 0.5) is 0 Å². The summed E-state index contributed by atoms with van der Waals surface area (Å²) in [5.74, 6) is 0.313. The summed E-state index contributed by atoms with van der Waals surface area (Å²) in [5, 5.41) is 9.82. The lowest BCUT2D eigenvalue weighted by atomic mass is 10.1. The van der Waals surface area contributed by atoms with Crippen LogP contribution in [-0.4, -0.2) is 23.3 Å². The van der Waals surface area contributed by atoms with E-state index in [1.807, 2.05) is 30.3 Å². The van der Waals surface area contributed by atoms with E-state index in [4.69, 9.17) is 9.16 Å². The molecule has 0 aliphatic carbocycles. The van der Waals surface area contributed by atoms with E-state index in [1.165, 1.54) is 0 Å². The van der Waals surface area contributed by atoms with Crippen molar-refractivity contribution in [1.29, 1.82) is 0 Å². The molecule has 0 saturated heterocycles. The Morgan fingerprint density at radius 2 is 2.00 bits per heavy atom. The van der Waals surface area contributed by atoms with Crippen molar-refractivity contribution in [2.24, 2.45) is 0 Å². The van der Waals surface area contributed by atoms with Gasteiger partial charge in [0.25, 0.3) is 0 Å². The predicted octanol–water partition coefficient (Wildman–Crippen LogP) is 1.98. The zero-order chi connectivity index (χ0) is 11.6. The third-order valence-electron chi connectivity index (χ3n) is 2.53. The Bertz CT molecular complexity index is 376. The minimum atomic E-state index is -1.05. The second-order valence-electron chi connectivity index (χ2n) is 4.50. The maximum atomic E-state index is 9.82.